The van der Waals surface area contributed by atoms with Gasteiger partial charge in [0.15, 0.2) is 5.82 Å². The molecule has 4 rings (SSSR count). The van der Waals surface area contributed by atoms with Gasteiger partial charge in [-0.2, -0.15) is 4.98 Å². The lowest BCUT2D eigenvalue weighted by molar-refractivity contribution is -0.116. The zero-order chi connectivity index (χ0) is 22.7. The average Bonchev–Trinajstić information content (AvgIpc) is 3.35. The summed E-state index contributed by atoms with van der Waals surface area (Å²) in [5.41, 5.74) is 1.14. The zero-order valence-corrected chi connectivity index (χ0v) is 18.1. The van der Waals surface area contributed by atoms with Crippen LogP contribution >= 0.6 is 0 Å². The number of fused-ring (bicyclic) bond motifs is 1. The third-order valence-electron chi connectivity index (χ3n) is 4.67. The highest BCUT2D eigenvalue weighted by Crippen LogP contribution is 2.31. The van der Waals surface area contributed by atoms with E-state index in [1.807, 2.05) is 0 Å². The van der Waals surface area contributed by atoms with Crippen LogP contribution in [0.4, 0.5) is 5.95 Å². The molecule has 1 aliphatic heterocycles. The molecule has 11 nitrogen and oxygen atoms in total. The summed E-state index contributed by atoms with van der Waals surface area (Å²) in [6, 6.07) is 11.8. The van der Waals surface area contributed by atoms with Crippen molar-refractivity contribution in [2.75, 3.05) is 26.1 Å². The van der Waals surface area contributed by atoms with E-state index in [0.29, 0.717) is 28.5 Å². The molecule has 166 valence electrons. The Bertz CT molecular complexity index is 1300. The number of H-pyrrole nitrogens is 1. The monoisotopic (exact) mass is 456 g/mol. The fourth-order valence-corrected chi connectivity index (χ4v) is 4.39. The highest BCUT2D eigenvalue weighted by molar-refractivity contribution is 7.90. The van der Waals surface area contributed by atoms with Gasteiger partial charge in [0.05, 0.1) is 31.2 Å². The second-order valence-corrected chi connectivity index (χ2v) is 8.35. The minimum atomic E-state index is -3.61. The van der Waals surface area contributed by atoms with Crippen LogP contribution in [0.1, 0.15) is 12.0 Å². The number of carbonyl (C=O) groups excluding carboxylic acids is 1. The molecule has 2 heterocycles. The summed E-state index contributed by atoms with van der Waals surface area (Å²) in [6.45, 7) is 0.0849. The largest absolute Gasteiger partial charge is 0.497 e. The zero-order valence-electron chi connectivity index (χ0n) is 17.2. The standard InChI is InChI=1S/C20H20N6O5S/c1-30-12-7-8-13(15(11-12)31-2)19-23-20(25-24-19)22-17(27)9-10-21-18-14-5-3-4-6-16(14)32(28,29)26-18/h3-8,11H,9-10H2,1-2H3,(H,21,26)(H2,22,23,24,25,27). The van der Waals surface area contributed by atoms with E-state index in [2.05, 4.69) is 30.2 Å². The number of benzene rings is 2. The molecule has 1 aliphatic rings. The van der Waals surface area contributed by atoms with Gasteiger partial charge in [-0.15, -0.1) is 5.10 Å². The Kier molecular flexibility index (Phi) is 5.77. The highest BCUT2D eigenvalue weighted by atomic mass is 32.2. The Morgan fingerprint density at radius 1 is 1.12 bits per heavy atom. The molecule has 0 saturated carbocycles. The van der Waals surface area contributed by atoms with Crippen molar-refractivity contribution in [1.82, 2.24) is 19.9 Å². The maximum Gasteiger partial charge on any atom is 0.263 e. The molecule has 1 aromatic heterocycles. The molecule has 0 aliphatic carbocycles. The fraction of sp³-hybridized carbons (Fsp3) is 0.200. The summed E-state index contributed by atoms with van der Waals surface area (Å²) in [4.78, 5) is 20.9. The Hall–Kier alpha value is -3.93. The number of hydrogen-bond acceptors (Lipinski definition) is 8. The summed E-state index contributed by atoms with van der Waals surface area (Å²) in [6.07, 6.45) is 0.0170. The topological polar surface area (TPSA) is 148 Å². The summed E-state index contributed by atoms with van der Waals surface area (Å²) >= 11 is 0. The number of aliphatic imine (C=N–C) groups is 1. The molecule has 0 bridgehead atoms. The van der Waals surface area contributed by atoms with Crippen molar-refractivity contribution < 1.29 is 22.7 Å². The quantitative estimate of drug-likeness (QED) is 0.489. The lowest BCUT2D eigenvalue weighted by Crippen LogP contribution is -2.23. The van der Waals surface area contributed by atoms with E-state index in [0.717, 1.165) is 0 Å². The molecule has 0 fully saturated rings. The predicted molar refractivity (Wildman–Crippen MR) is 116 cm³/mol. The molecular weight excluding hydrogens is 436 g/mol. The molecule has 0 spiro atoms. The number of hydrogen-bond donors (Lipinski definition) is 3. The van der Waals surface area contributed by atoms with E-state index in [9.17, 15) is 13.2 Å². The number of anilines is 1. The van der Waals surface area contributed by atoms with E-state index in [4.69, 9.17) is 9.47 Å². The van der Waals surface area contributed by atoms with Crippen molar-refractivity contribution in [3.05, 3.63) is 48.0 Å². The van der Waals surface area contributed by atoms with Gasteiger partial charge >= 0.3 is 0 Å². The minimum Gasteiger partial charge on any atom is -0.497 e. The molecule has 3 N–H and O–H groups in total. The number of aromatic amines is 1. The van der Waals surface area contributed by atoms with Crippen molar-refractivity contribution in [2.24, 2.45) is 4.99 Å². The summed E-state index contributed by atoms with van der Waals surface area (Å²) in [5.74, 6) is 1.54. The number of carbonyl (C=O) groups is 1. The predicted octanol–water partition coefficient (Wildman–Crippen LogP) is 1.56. The second-order valence-electron chi connectivity index (χ2n) is 6.70. The molecule has 1 amide bonds. The second kappa shape index (κ2) is 8.67. The van der Waals surface area contributed by atoms with E-state index in [1.165, 1.54) is 13.2 Å². The Morgan fingerprint density at radius 3 is 2.72 bits per heavy atom. The Balaban J connectivity index is 1.39. The van der Waals surface area contributed by atoms with Gasteiger partial charge < -0.3 is 9.47 Å². The van der Waals surface area contributed by atoms with Crippen molar-refractivity contribution in [1.29, 1.82) is 0 Å². The lowest BCUT2D eigenvalue weighted by atomic mass is 10.2. The van der Waals surface area contributed by atoms with Crippen LogP contribution in [0, 0.1) is 0 Å². The molecule has 12 heteroatoms. The number of sulfonamides is 1. The van der Waals surface area contributed by atoms with Crippen molar-refractivity contribution in [3.8, 4) is 22.9 Å². The molecule has 0 atom stereocenters. The molecule has 32 heavy (non-hydrogen) atoms. The average molecular weight is 456 g/mol. The Labute approximate surface area is 183 Å². The van der Waals surface area contributed by atoms with Crippen LogP contribution in [0.25, 0.3) is 11.4 Å². The van der Waals surface area contributed by atoms with Gasteiger partial charge in [-0.05, 0) is 24.3 Å². The van der Waals surface area contributed by atoms with Crippen LogP contribution < -0.4 is 19.5 Å². The molecule has 0 unspecified atom stereocenters. The van der Waals surface area contributed by atoms with E-state index in [-0.39, 0.29) is 35.6 Å². The molecule has 0 saturated heterocycles. The number of methoxy groups -OCH3 is 2. The number of amidine groups is 1. The first-order valence-corrected chi connectivity index (χ1v) is 11.0. The third kappa shape index (κ3) is 4.25. The SMILES string of the molecule is COc1ccc(-c2nc(NC(=O)CCN=C3NS(=O)(=O)c4ccccc43)n[nH]2)c(OC)c1. The summed E-state index contributed by atoms with van der Waals surface area (Å²) in [7, 11) is -0.525. The summed E-state index contributed by atoms with van der Waals surface area (Å²) in [5, 5.41) is 9.35. The van der Waals surface area contributed by atoms with Gasteiger partial charge in [0, 0.05) is 18.1 Å². The maximum atomic E-state index is 12.3. The minimum absolute atomic E-state index is 0.0170. The molecule has 3 aromatic rings. The van der Waals surface area contributed by atoms with Crippen LogP contribution in [0.2, 0.25) is 0 Å². The molecule has 0 radical (unpaired) electrons. The van der Waals surface area contributed by atoms with Crippen LogP contribution in [0.15, 0.2) is 52.4 Å². The van der Waals surface area contributed by atoms with Crippen molar-refractivity contribution >= 4 is 27.7 Å². The number of rotatable bonds is 7. The van der Waals surface area contributed by atoms with Crippen molar-refractivity contribution in [3.63, 3.8) is 0 Å². The molecular formula is C20H20N6O5S. The maximum absolute atomic E-state index is 12.3. The normalized spacial score (nSPS) is 15.1. The van der Waals surface area contributed by atoms with Crippen LogP contribution in [0.3, 0.4) is 0 Å². The van der Waals surface area contributed by atoms with Gasteiger partial charge in [-0.25, -0.2) is 8.42 Å². The van der Waals surface area contributed by atoms with Gasteiger partial charge in [-0.3, -0.25) is 24.9 Å². The van der Waals surface area contributed by atoms with Gasteiger partial charge in [0.25, 0.3) is 10.0 Å². The van der Waals surface area contributed by atoms with Gasteiger partial charge in [0.2, 0.25) is 11.9 Å². The first-order valence-electron chi connectivity index (χ1n) is 9.52. The van der Waals surface area contributed by atoms with Crippen LogP contribution in [-0.2, 0) is 14.8 Å². The first-order chi connectivity index (χ1) is 15.4. The van der Waals surface area contributed by atoms with E-state index < -0.39 is 10.0 Å². The van der Waals surface area contributed by atoms with Crippen molar-refractivity contribution in [2.45, 2.75) is 11.3 Å². The number of aromatic nitrogens is 3. The van der Waals surface area contributed by atoms with E-state index >= 15 is 0 Å². The van der Waals surface area contributed by atoms with E-state index in [1.54, 1.807) is 43.5 Å². The molecule has 2 aromatic carbocycles. The van der Waals surface area contributed by atoms with Gasteiger partial charge in [0.1, 0.15) is 17.3 Å². The fourth-order valence-electron chi connectivity index (χ4n) is 3.14. The number of nitrogens with zero attached hydrogens (tertiary/aromatic N) is 3. The smallest absolute Gasteiger partial charge is 0.263 e. The highest BCUT2D eigenvalue weighted by Gasteiger charge is 2.30. The number of nitrogens with one attached hydrogen (secondary N) is 3. The van der Waals surface area contributed by atoms with Crippen LogP contribution in [0.5, 0.6) is 11.5 Å². The Morgan fingerprint density at radius 2 is 1.94 bits per heavy atom. The number of ether oxygens (including phenoxy) is 2. The number of amides is 1. The lowest BCUT2D eigenvalue weighted by Gasteiger charge is -2.07. The van der Waals surface area contributed by atoms with Crippen LogP contribution in [-0.4, -0.2) is 56.1 Å². The van der Waals surface area contributed by atoms with Gasteiger partial charge in [-0.1, -0.05) is 12.1 Å². The third-order valence-corrected chi connectivity index (χ3v) is 6.07. The first kappa shape index (κ1) is 21.3. The summed E-state index contributed by atoms with van der Waals surface area (Å²) < 4.78 is 37.1.